The van der Waals surface area contributed by atoms with Crippen LogP contribution in [-0.4, -0.2) is 51.6 Å². The fraction of sp³-hybridized carbons (Fsp3) is 0.615. The number of imidazole rings is 1. The van der Waals surface area contributed by atoms with Crippen molar-refractivity contribution in [2.24, 2.45) is 0 Å². The van der Waals surface area contributed by atoms with E-state index >= 15 is 0 Å². The van der Waals surface area contributed by atoms with E-state index in [-0.39, 0.29) is 6.42 Å². The number of hydrogen-bond acceptors (Lipinski definition) is 7. The number of fused-ring (bicyclic) bond motifs is 1. The Hall–Kier alpha value is -1.22. The predicted octanol–water partition coefficient (Wildman–Crippen LogP) is 0.458. The molecule has 7 nitrogen and oxygen atoms in total. The molecule has 0 bridgehead atoms. The third-order valence-corrected chi connectivity index (χ3v) is 5.58. The van der Waals surface area contributed by atoms with E-state index in [1.54, 1.807) is 6.20 Å². The minimum absolute atomic E-state index is 0.233. The minimum Gasteiger partial charge on any atom is -0.389 e. The monoisotopic (exact) mass is 310 g/mol. The van der Waals surface area contributed by atoms with E-state index in [2.05, 4.69) is 15.0 Å². The maximum atomic E-state index is 11.1. The van der Waals surface area contributed by atoms with E-state index in [1.165, 1.54) is 29.0 Å². The second-order valence-corrected chi connectivity index (χ2v) is 6.58. The van der Waals surface area contributed by atoms with Gasteiger partial charge >= 0.3 is 0 Å². The van der Waals surface area contributed by atoms with E-state index in [0.29, 0.717) is 23.3 Å². The van der Waals surface area contributed by atoms with Crippen molar-refractivity contribution < 1.29 is 15.3 Å². The smallest absolute Gasteiger partial charge is 0.185 e. The zero-order valence-electron chi connectivity index (χ0n) is 11.7. The molecule has 1 aliphatic carbocycles. The zero-order chi connectivity index (χ0) is 15.1. The van der Waals surface area contributed by atoms with Crippen LogP contribution in [0.25, 0.3) is 11.2 Å². The van der Waals surface area contributed by atoms with Gasteiger partial charge < -0.3 is 15.3 Å². The number of thioether (sulfide) groups is 1. The van der Waals surface area contributed by atoms with Crippen LogP contribution in [0.2, 0.25) is 0 Å². The summed E-state index contributed by atoms with van der Waals surface area (Å²) < 4.78 is 1.45. The Balaban J connectivity index is 2.09. The lowest BCUT2D eigenvalue weighted by atomic mass is 10.1. The van der Waals surface area contributed by atoms with E-state index in [4.69, 9.17) is 0 Å². The van der Waals surface area contributed by atoms with E-state index in [9.17, 15) is 15.3 Å². The fourth-order valence-electron chi connectivity index (χ4n) is 2.78. The summed E-state index contributed by atoms with van der Waals surface area (Å²) >= 11 is 1.17. The molecular weight excluding hydrogens is 292 g/mol. The maximum absolute atomic E-state index is 11.1. The maximum Gasteiger partial charge on any atom is 0.185 e. The highest BCUT2D eigenvalue weighted by atomic mass is 32.2. The highest BCUT2D eigenvalue weighted by molar-refractivity contribution is 8.00. The number of aliphatic hydroxyl groups is 3. The largest absolute Gasteiger partial charge is 0.389 e. The van der Waals surface area contributed by atoms with Crippen LogP contribution >= 0.6 is 11.8 Å². The number of nitrogens with zero attached hydrogens (tertiary/aromatic N) is 4. The number of hydrogen-bond donors (Lipinski definition) is 3. The molecule has 0 amide bonds. The Labute approximate surface area is 126 Å². The van der Waals surface area contributed by atoms with Gasteiger partial charge in [0.2, 0.25) is 0 Å². The van der Waals surface area contributed by atoms with Crippen molar-refractivity contribution in [3.8, 4) is 0 Å². The molecule has 8 heteroatoms. The Morgan fingerprint density at radius 3 is 3.00 bits per heavy atom. The average molecular weight is 310 g/mol. The summed E-state index contributed by atoms with van der Waals surface area (Å²) in [7, 11) is 0. The molecule has 0 aliphatic heterocycles. The third kappa shape index (κ3) is 2.05. The number of rotatable bonds is 4. The first-order chi connectivity index (χ1) is 10.0. The topological polar surface area (TPSA) is 104 Å². The number of aromatic nitrogens is 4. The van der Waals surface area contributed by atoms with Gasteiger partial charge in [-0.1, -0.05) is 6.92 Å². The molecule has 3 atom stereocenters. The molecule has 21 heavy (non-hydrogen) atoms. The lowest BCUT2D eigenvalue weighted by Gasteiger charge is -2.39. The summed E-state index contributed by atoms with van der Waals surface area (Å²) in [6, 6.07) is 0. The highest BCUT2D eigenvalue weighted by Gasteiger charge is 2.61. The van der Waals surface area contributed by atoms with Crippen LogP contribution in [0, 0.1) is 0 Å². The standard InChI is InChI=1S/C13H18N4O3S/c1-2-5-21-13(20)10(18)3-4-12(13,19)17-8-16-9-6-14-7-15-11(9)17/h6-8,10,18-20H,2-5H2,1H3. The normalized spacial score (nSPS) is 32.9. The second kappa shape index (κ2) is 5.20. The van der Waals surface area contributed by atoms with Gasteiger partial charge in [0, 0.05) is 6.42 Å². The van der Waals surface area contributed by atoms with Gasteiger partial charge in [0.1, 0.15) is 11.8 Å². The molecule has 3 unspecified atom stereocenters. The van der Waals surface area contributed by atoms with Crippen LogP contribution in [-0.2, 0) is 5.72 Å². The summed E-state index contributed by atoms with van der Waals surface area (Å²) in [6.45, 7) is 1.98. The molecule has 2 heterocycles. The van der Waals surface area contributed by atoms with Crippen molar-refractivity contribution in [1.82, 2.24) is 19.5 Å². The summed E-state index contributed by atoms with van der Waals surface area (Å²) in [6.07, 6.45) is 4.74. The molecule has 3 rings (SSSR count). The van der Waals surface area contributed by atoms with Crippen LogP contribution in [0.3, 0.4) is 0 Å². The molecule has 1 fully saturated rings. The van der Waals surface area contributed by atoms with Crippen LogP contribution in [0.4, 0.5) is 0 Å². The van der Waals surface area contributed by atoms with Crippen LogP contribution in [0.5, 0.6) is 0 Å². The van der Waals surface area contributed by atoms with Gasteiger partial charge in [-0.05, 0) is 18.6 Å². The second-order valence-electron chi connectivity index (χ2n) is 5.26. The van der Waals surface area contributed by atoms with Crippen molar-refractivity contribution in [2.75, 3.05) is 5.75 Å². The van der Waals surface area contributed by atoms with Gasteiger partial charge in [-0.25, -0.2) is 15.0 Å². The summed E-state index contributed by atoms with van der Waals surface area (Å²) in [4.78, 5) is 10.5. The van der Waals surface area contributed by atoms with E-state index in [0.717, 1.165) is 6.42 Å². The molecule has 0 aromatic carbocycles. The Morgan fingerprint density at radius 1 is 1.43 bits per heavy atom. The van der Waals surface area contributed by atoms with Crippen molar-refractivity contribution in [3.05, 3.63) is 18.9 Å². The molecule has 2 aromatic rings. The molecule has 0 radical (unpaired) electrons. The van der Waals surface area contributed by atoms with Crippen molar-refractivity contribution in [3.63, 3.8) is 0 Å². The van der Waals surface area contributed by atoms with Gasteiger partial charge in [-0.3, -0.25) is 4.57 Å². The lowest BCUT2D eigenvalue weighted by molar-refractivity contribution is -0.157. The quantitative estimate of drug-likeness (QED) is 0.705. The SMILES string of the molecule is CCCSC1(O)C(O)CCC1(O)n1cnc2cncnc21. The Morgan fingerprint density at radius 2 is 2.24 bits per heavy atom. The van der Waals surface area contributed by atoms with Gasteiger partial charge in [-0.15, -0.1) is 11.8 Å². The third-order valence-electron chi connectivity index (χ3n) is 3.93. The summed E-state index contributed by atoms with van der Waals surface area (Å²) in [5.74, 6) is 0.636. The van der Waals surface area contributed by atoms with Crippen LogP contribution in [0.15, 0.2) is 18.9 Å². The first-order valence-corrected chi connectivity index (χ1v) is 7.92. The van der Waals surface area contributed by atoms with Crippen molar-refractivity contribution >= 4 is 22.9 Å². The van der Waals surface area contributed by atoms with Crippen molar-refractivity contribution in [1.29, 1.82) is 0 Å². The molecule has 1 aliphatic rings. The Bertz CT molecular complexity index is 651. The van der Waals surface area contributed by atoms with Gasteiger partial charge in [-0.2, -0.15) is 0 Å². The predicted molar refractivity (Wildman–Crippen MR) is 78.5 cm³/mol. The molecule has 3 N–H and O–H groups in total. The summed E-state index contributed by atoms with van der Waals surface area (Å²) in [5, 5.41) is 32.2. The first-order valence-electron chi connectivity index (χ1n) is 6.93. The van der Waals surface area contributed by atoms with Crippen molar-refractivity contribution in [2.45, 2.75) is 42.9 Å². The van der Waals surface area contributed by atoms with Gasteiger partial charge in [0.25, 0.3) is 0 Å². The molecule has 0 spiro atoms. The number of aliphatic hydroxyl groups excluding tert-OH is 1. The van der Waals surface area contributed by atoms with Crippen LogP contribution in [0.1, 0.15) is 26.2 Å². The lowest BCUT2D eigenvalue weighted by Crippen LogP contribution is -2.54. The zero-order valence-corrected chi connectivity index (χ0v) is 12.5. The van der Waals surface area contributed by atoms with Crippen LogP contribution < -0.4 is 0 Å². The van der Waals surface area contributed by atoms with E-state index in [1.807, 2.05) is 6.92 Å². The van der Waals surface area contributed by atoms with E-state index < -0.39 is 16.8 Å². The Kier molecular flexibility index (Phi) is 3.64. The minimum atomic E-state index is -1.68. The first kappa shape index (κ1) is 14.7. The molecule has 114 valence electrons. The summed E-state index contributed by atoms with van der Waals surface area (Å²) in [5.41, 5.74) is -0.665. The van der Waals surface area contributed by atoms with Gasteiger partial charge in [0.15, 0.2) is 16.3 Å². The average Bonchev–Trinajstić information content (AvgIpc) is 3.02. The molecular formula is C13H18N4O3S. The molecule has 0 saturated heterocycles. The molecule has 1 saturated carbocycles. The highest BCUT2D eigenvalue weighted by Crippen LogP contribution is 2.50. The molecule has 2 aromatic heterocycles. The van der Waals surface area contributed by atoms with Gasteiger partial charge in [0.05, 0.1) is 18.6 Å². The fourth-order valence-corrected chi connectivity index (χ4v) is 4.04.